The smallest absolute Gasteiger partial charge is 0.303 e. The zero-order chi connectivity index (χ0) is 14.8. The topological polar surface area (TPSA) is 55.8 Å². The first-order valence-corrected chi connectivity index (χ1v) is 7.70. The highest BCUT2D eigenvalue weighted by molar-refractivity contribution is 5.66. The maximum absolute atomic E-state index is 11.0. The molecule has 0 unspecified atom stereocenters. The van der Waals surface area contributed by atoms with Crippen molar-refractivity contribution in [1.29, 1.82) is 0 Å². The van der Waals surface area contributed by atoms with Crippen LogP contribution in [0.25, 0.3) is 0 Å². The molecule has 4 nitrogen and oxygen atoms in total. The predicted octanol–water partition coefficient (Wildman–Crippen LogP) is 3.11. The second-order valence-corrected chi connectivity index (χ2v) is 6.15. The molecule has 0 atom stereocenters. The van der Waals surface area contributed by atoms with Crippen LogP contribution in [0.15, 0.2) is 30.3 Å². The fraction of sp³-hybridized carbons (Fsp3) is 0.588. The second kappa shape index (κ2) is 5.78. The van der Waals surface area contributed by atoms with Crippen molar-refractivity contribution in [3.8, 4) is 0 Å². The fourth-order valence-corrected chi connectivity index (χ4v) is 3.72. The number of aliphatic carboxylic acids is 1. The molecule has 1 N–H and O–H groups in total. The zero-order valence-electron chi connectivity index (χ0n) is 12.2. The van der Waals surface area contributed by atoms with Crippen LogP contribution in [0.5, 0.6) is 0 Å². The van der Waals surface area contributed by atoms with E-state index >= 15 is 0 Å². The summed E-state index contributed by atoms with van der Waals surface area (Å²) in [5.41, 5.74) is 1.19. The number of carboxylic acid groups (broad SMARTS) is 1. The Labute approximate surface area is 125 Å². The van der Waals surface area contributed by atoms with Gasteiger partial charge in [0.2, 0.25) is 0 Å². The van der Waals surface area contributed by atoms with Gasteiger partial charge in [-0.25, -0.2) is 0 Å². The lowest BCUT2D eigenvalue weighted by Gasteiger charge is -2.44. The molecule has 21 heavy (non-hydrogen) atoms. The van der Waals surface area contributed by atoms with E-state index in [1.54, 1.807) is 0 Å². The molecule has 1 aliphatic heterocycles. The van der Waals surface area contributed by atoms with Crippen LogP contribution in [0.4, 0.5) is 0 Å². The Bertz CT molecular complexity index is 481. The highest BCUT2D eigenvalue weighted by Gasteiger charge is 2.46. The molecule has 0 bridgehead atoms. The average Bonchev–Trinajstić information content (AvgIpc) is 2.97. The standard InChI is InChI=1S/C17H22O4/c18-15(19)6-7-16(14-4-2-1-3-5-14)8-10-17(11-9-16)20-12-13-21-17/h1-5H,6-13H2,(H,18,19). The Balaban J connectivity index is 1.79. The number of benzene rings is 1. The van der Waals surface area contributed by atoms with E-state index in [2.05, 4.69) is 12.1 Å². The lowest BCUT2D eigenvalue weighted by Crippen LogP contribution is -2.42. The molecule has 4 heteroatoms. The molecule has 1 aliphatic carbocycles. The van der Waals surface area contributed by atoms with Gasteiger partial charge < -0.3 is 14.6 Å². The normalized spacial score (nSPS) is 23.2. The average molecular weight is 290 g/mol. The predicted molar refractivity (Wildman–Crippen MR) is 78.1 cm³/mol. The van der Waals surface area contributed by atoms with Gasteiger partial charge in [0, 0.05) is 19.3 Å². The van der Waals surface area contributed by atoms with Gasteiger partial charge in [-0.05, 0) is 30.2 Å². The Morgan fingerprint density at radius 1 is 1.05 bits per heavy atom. The van der Waals surface area contributed by atoms with E-state index in [1.165, 1.54) is 5.56 Å². The molecule has 1 spiro atoms. The van der Waals surface area contributed by atoms with Gasteiger partial charge in [0.1, 0.15) is 0 Å². The largest absolute Gasteiger partial charge is 0.481 e. The molecule has 2 fully saturated rings. The number of hydrogen-bond acceptors (Lipinski definition) is 3. The Hall–Kier alpha value is -1.39. The summed E-state index contributed by atoms with van der Waals surface area (Å²) in [6.45, 7) is 1.35. The van der Waals surface area contributed by atoms with Crippen molar-refractivity contribution in [2.24, 2.45) is 0 Å². The minimum atomic E-state index is -0.723. The van der Waals surface area contributed by atoms with Crippen LogP contribution in [0.1, 0.15) is 44.1 Å². The number of rotatable bonds is 4. The first-order valence-electron chi connectivity index (χ1n) is 7.70. The van der Waals surface area contributed by atoms with Crippen LogP contribution in [-0.2, 0) is 19.7 Å². The van der Waals surface area contributed by atoms with Crippen molar-refractivity contribution >= 4 is 5.97 Å². The molecule has 1 saturated carbocycles. The van der Waals surface area contributed by atoms with Crippen molar-refractivity contribution < 1.29 is 19.4 Å². The third kappa shape index (κ3) is 2.97. The number of hydrogen-bond donors (Lipinski definition) is 1. The van der Waals surface area contributed by atoms with Gasteiger partial charge in [-0.1, -0.05) is 30.3 Å². The minimum absolute atomic E-state index is 0.0553. The molecule has 114 valence electrons. The Morgan fingerprint density at radius 2 is 1.67 bits per heavy atom. The van der Waals surface area contributed by atoms with Crippen molar-refractivity contribution in [2.75, 3.05) is 13.2 Å². The molecule has 0 aromatic heterocycles. The molecular weight excluding hydrogens is 268 g/mol. The molecule has 2 aliphatic rings. The minimum Gasteiger partial charge on any atom is -0.481 e. The van der Waals surface area contributed by atoms with Crippen molar-refractivity contribution in [3.05, 3.63) is 35.9 Å². The van der Waals surface area contributed by atoms with E-state index in [4.69, 9.17) is 14.6 Å². The molecule has 1 saturated heterocycles. The monoisotopic (exact) mass is 290 g/mol. The molecule has 1 heterocycles. The van der Waals surface area contributed by atoms with Crippen molar-refractivity contribution in [1.82, 2.24) is 0 Å². The summed E-state index contributed by atoms with van der Waals surface area (Å²) in [6.07, 6.45) is 4.43. The molecule has 0 radical (unpaired) electrons. The number of carbonyl (C=O) groups is 1. The van der Waals surface area contributed by atoms with Gasteiger partial charge in [-0.3, -0.25) is 4.79 Å². The molecule has 1 aromatic carbocycles. The van der Waals surface area contributed by atoms with E-state index in [0.717, 1.165) is 25.7 Å². The van der Waals surface area contributed by atoms with E-state index in [9.17, 15) is 4.79 Å². The lowest BCUT2D eigenvalue weighted by molar-refractivity contribution is -0.185. The highest BCUT2D eigenvalue weighted by atomic mass is 16.7. The summed E-state index contributed by atoms with van der Waals surface area (Å²) >= 11 is 0. The van der Waals surface area contributed by atoms with E-state index in [0.29, 0.717) is 19.6 Å². The van der Waals surface area contributed by atoms with Crippen LogP contribution in [0.2, 0.25) is 0 Å². The number of ether oxygens (including phenoxy) is 2. The van der Waals surface area contributed by atoms with E-state index in [1.807, 2.05) is 18.2 Å². The summed E-state index contributed by atoms with van der Waals surface area (Å²) in [5, 5.41) is 9.06. The summed E-state index contributed by atoms with van der Waals surface area (Å²) in [7, 11) is 0. The third-order valence-electron chi connectivity index (χ3n) is 4.99. The number of carboxylic acids is 1. The van der Waals surface area contributed by atoms with Crippen LogP contribution in [0, 0.1) is 0 Å². The zero-order valence-corrected chi connectivity index (χ0v) is 12.2. The van der Waals surface area contributed by atoms with Gasteiger partial charge in [0.25, 0.3) is 0 Å². The first-order chi connectivity index (χ1) is 10.1. The van der Waals surface area contributed by atoms with Crippen LogP contribution in [0.3, 0.4) is 0 Å². The Kier molecular flexibility index (Phi) is 4.00. The van der Waals surface area contributed by atoms with Gasteiger partial charge in [0.05, 0.1) is 13.2 Å². The summed E-state index contributed by atoms with van der Waals surface area (Å²) in [6, 6.07) is 10.3. The van der Waals surface area contributed by atoms with Gasteiger partial charge in [0.15, 0.2) is 5.79 Å². The molecule has 3 rings (SSSR count). The maximum Gasteiger partial charge on any atom is 0.303 e. The fourth-order valence-electron chi connectivity index (χ4n) is 3.72. The molecule has 1 aromatic rings. The lowest BCUT2D eigenvalue weighted by atomic mass is 9.65. The Morgan fingerprint density at radius 3 is 2.24 bits per heavy atom. The van der Waals surface area contributed by atoms with Crippen molar-refractivity contribution in [2.45, 2.75) is 49.7 Å². The summed E-state index contributed by atoms with van der Waals surface area (Å²) in [5.74, 6) is -1.12. The first kappa shape index (κ1) is 14.5. The van der Waals surface area contributed by atoms with Crippen LogP contribution < -0.4 is 0 Å². The highest BCUT2D eigenvalue weighted by Crippen LogP contribution is 2.48. The van der Waals surface area contributed by atoms with Crippen LogP contribution >= 0.6 is 0 Å². The maximum atomic E-state index is 11.0. The van der Waals surface area contributed by atoms with E-state index in [-0.39, 0.29) is 11.8 Å². The third-order valence-corrected chi connectivity index (χ3v) is 4.99. The second-order valence-electron chi connectivity index (χ2n) is 6.15. The SMILES string of the molecule is O=C(O)CCC1(c2ccccc2)CCC2(CC1)OCCO2. The van der Waals surface area contributed by atoms with Crippen LogP contribution in [-0.4, -0.2) is 30.1 Å². The summed E-state index contributed by atoms with van der Waals surface area (Å²) < 4.78 is 11.6. The van der Waals surface area contributed by atoms with Gasteiger partial charge >= 0.3 is 5.97 Å². The van der Waals surface area contributed by atoms with E-state index < -0.39 is 11.8 Å². The summed E-state index contributed by atoms with van der Waals surface area (Å²) in [4.78, 5) is 11.0. The molecular formula is C17H22O4. The quantitative estimate of drug-likeness (QED) is 0.925. The van der Waals surface area contributed by atoms with Crippen molar-refractivity contribution in [3.63, 3.8) is 0 Å². The molecule has 0 amide bonds. The van der Waals surface area contributed by atoms with Gasteiger partial charge in [-0.2, -0.15) is 0 Å². The van der Waals surface area contributed by atoms with Gasteiger partial charge in [-0.15, -0.1) is 0 Å².